The molecule has 0 nitrogen and oxygen atoms in total. The molecule has 0 aliphatic heterocycles. The molecule has 96 valence electrons. The standard InChI is InChI=1S/C17H21I/c1-4-14-6-10-16(11-7-14)18(3)17-12-8-15(5-2)9-13-17/h6-13H,4-5H2,1-3H3. The number of aryl methyl sites for hydroxylation is 2. The Morgan fingerprint density at radius 3 is 1.28 bits per heavy atom. The van der Waals surface area contributed by atoms with Gasteiger partial charge in [0.25, 0.3) is 0 Å². The maximum absolute atomic E-state index is 2.44. The molecule has 0 radical (unpaired) electrons. The molecule has 2 rings (SSSR count). The molecule has 1 heteroatoms. The number of alkyl halides is 1. The van der Waals surface area contributed by atoms with Gasteiger partial charge in [-0.25, -0.2) is 0 Å². The van der Waals surface area contributed by atoms with E-state index in [1.54, 1.807) is 7.14 Å². The van der Waals surface area contributed by atoms with E-state index in [1.165, 1.54) is 11.1 Å². The van der Waals surface area contributed by atoms with Crippen molar-refractivity contribution in [2.75, 3.05) is 4.93 Å². The number of halogens is 1. The summed E-state index contributed by atoms with van der Waals surface area (Å²) in [5.41, 5.74) is 2.87. The maximum atomic E-state index is 2.44. The number of benzene rings is 2. The van der Waals surface area contributed by atoms with Crippen molar-refractivity contribution in [2.45, 2.75) is 26.7 Å². The van der Waals surface area contributed by atoms with E-state index in [0.29, 0.717) is 0 Å². The molecule has 0 aliphatic rings. The van der Waals surface area contributed by atoms with E-state index in [9.17, 15) is 0 Å². The molecule has 0 heterocycles. The van der Waals surface area contributed by atoms with Gasteiger partial charge in [0.2, 0.25) is 0 Å². The molecular weight excluding hydrogens is 331 g/mol. The van der Waals surface area contributed by atoms with E-state index in [-0.39, 0.29) is 0 Å². The molecule has 0 saturated heterocycles. The van der Waals surface area contributed by atoms with E-state index < -0.39 is 19.8 Å². The van der Waals surface area contributed by atoms with Crippen LogP contribution in [0.15, 0.2) is 48.5 Å². The van der Waals surface area contributed by atoms with Crippen molar-refractivity contribution in [2.24, 2.45) is 0 Å². The third kappa shape index (κ3) is 3.14. The Labute approximate surface area is 118 Å². The quantitative estimate of drug-likeness (QED) is 0.537. The first-order valence-electron chi connectivity index (χ1n) is 6.52. The van der Waals surface area contributed by atoms with Crippen molar-refractivity contribution in [3.63, 3.8) is 0 Å². The summed E-state index contributed by atoms with van der Waals surface area (Å²) in [7, 11) is 0. The Hall–Kier alpha value is -0.830. The van der Waals surface area contributed by atoms with Crippen LogP contribution in [0.3, 0.4) is 0 Å². The van der Waals surface area contributed by atoms with Gasteiger partial charge in [-0.1, -0.05) is 0 Å². The first kappa shape index (κ1) is 13.6. The monoisotopic (exact) mass is 352 g/mol. The Balaban J connectivity index is 2.20. The topological polar surface area (TPSA) is 0 Å². The summed E-state index contributed by atoms with van der Waals surface area (Å²) >= 11 is -1.17. The van der Waals surface area contributed by atoms with Crippen LogP contribution in [0.5, 0.6) is 0 Å². The van der Waals surface area contributed by atoms with Crippen molar-refractivity contribution in [3.05, 3.63) is 66.8 Å². The van der Waals surface area contributed by atoms with Crippen molar-refractivity contribution in [1.29, 1.82) is 0 Å². The van der Waals surface area contributed by atoms with Crippen LogP contribution in [-0.4, -0.2) is 4.93 Å². The van der Waals surface area contributed by atoms with Crippen molar-refractivity contribution < 1.29 is 0 Å². The van der Waals surface area contributed by atoms with E-state index in [4.69, 9.17) is 0 Å². The van der Waals surface area contributed by atoms with Gasteiger partial charge in [-0.2, -0.15) is 0 Å². The molecular formula is C17H21I. The molecule has 0 aromatic heterocycles. The van der Waals surface area contributed by atoms with Crippen LogP contribution in [0, 0.1) is 7.14 Å². The van der Waals surface area contributed by atoms with Gasteiger partial charge in [-0.15, -0.1) is 0 Å². The number of hydrogen-bond acceptors (Lipinski definition) is 0. The molecule has 2 aromatic rings. The van der Waals surface area contributed by atoms with E-state index >= 15 is 0 Å². The zero-order valence-corrected chi connectivity index (χ0v) is 13.6. The molecule has 0 atom stereocenters. The van der Waals surface area contributed by atoms with Gasteiger partial charge in [0.15, 0.2) is 0 Å². The van der Waals surface area contributed by atoms with Crippen LogP contribution >= 0.6 is 19.8 Å². The summed E-state index contributed by atoms with van der Waals surface area (Å²) in [4.78, 5) is 2.44. The van der Waals surface area contributed by atoms with Gasteiger partial charge in [-0.3, -0.25) is 0 Å². The summed E-state index contributed by atoms with van der Waals surface area (Å²) in [6, 6.07) is 18.4. The first-order valence-corrected chi connectivity index (χ1v) is 10.8. The first-order chi connectivity index (χ1) is 8.74. The predicted molar refractivity (Wildman–Crippen MR) is 89.0 cm³/mol. The summed E-state index contributed by atoms with van der Waals surface area (Å²) in [6.07, 6.45) is 2.26. The molecule has 0 N–H and O–H groups in total. The SMILES string of the molecule is CCc1ccc(I(C)c2ccc(CC)cc2)cc1. The number of rotatable bonds is 4. The average Bonchev–Trinajstić information content (AvgIpc) is 2.47. The van der Waals surface area contributed by atoms with E-state index in [2.05, 4.69) is 67.3 Å². The van der Waals surface area contributed by atoms with Crippen LogP contribution in [0.1, 0.15) is 25.0 Å². The van der Waals surface area contributed by atoms with Crippen molar-refractivity contribution >= 4 is 19.8 Å². The normalized spacial score (nSPS) is 11.4. The molecule has 18 heavy (non-hydrogen) atoms. The van der Waals surface area contributed by atoms with Gasteiger partial charge in [-0.05, 0) is 0 Å². The zero-order valence-electron chi connectivity index (χ0n) is 11.4. The van der Waals surface area contributed by atoms with Gasteiger partial charge >= 0.3 is 118 Å². The summed E-state index contributed by atoms with van der Waals surface area (Å²) in [5.74, 6) is 0. The Kier molecular flexibility index (Phi) is 4.81. The van der Waals surface area contributed by atoms with Crippen LogP contribution in [0.2, 0.25) is 0 Å². The summed E-state index contributed by atoms with van der Waals surface area (Å²) < 4.78 is 3.11. The fourth-order valence-electron chi connectivity index (χ4n) is 1.94. The second kappa shape index (κ2) is 6.37. The Morgan fingerprint density at radius 1 is 0.667 bits per heavy atom. The molecule has 0 unspecified atom stereocenters. The third-order valence-corrected chi connectivity index (χ3v) is 8.47. The minimum atomic E-state index is -1.17. The van der Waals surface area contributed by atoms with Gasteiger partial charge in [0, 0.05) is 0 Å². The molecule has 0 fully saturated rings. The second-order valence-electron chi connectivity index (χ2n) is 4.43. The van der Waals surface area contributed by atoms with Crippen molar-refractivity contribution in [3.8, 4) is 0 Å². The van der Waals surface area contributed by atoms with Crippen LogP contribution in [0.25, 0.3) is 0 Å². The summed E-state index contributed by atoms with van der Waals surface area (Å²) in [5, 5.41) is 0. The van der Waals surface area contributed by atoms with Gasteiger partial charge in [0.05, 0.1) is 0 Å². The minimum absolute atomic E-state index is 1.13. The van der Waals surface area contributed by atoms with E-state index in [0.717, 1.165) is 12.8 Å². The number of hydrogen-bond donors (Lipinski definition) is 0. The average molecular weight is 352 g/mol. The molecule has 0 saturated carbocycles. The zero-order chi connectivity index (χ0) is 13.0. The molecule has 0 aliphatic carbocycles. The fourth-order valence-corrected chi connectivity index (χ4v) is 5.54. The third-order valence-electron chi connectivity index (χ3n) is 3.30. The molecule has 2 aromatic carbocycles. The fraction of sp³-hybridized carbons (Fsp3) is 0.294. The molecule has 0 amide bonds. The molecule has 0 bridgehead atoms. The van der Waals surface area contributed by atoms with E-state index in [1.807, 2.05) is 0 Å². The Morgan fingerprint density at radius 2 is 1.00 bits per heavy atom. The van der Waals surface area contributed by atoms with Gasteiger partial charge < -0.3 is 0 Å². The second-order valence-corrected chi connectivity index (χ2v) is 9.62. The van der Waals surface area contributed by atoms with Crippen LogP contribution in [-0.2, 0) is 12.8 Å². The van der Waals surface area contributed by atoms with Gasteiger partial charge in [0.1, 0.15) is 0 Å². The molecule has 0 spiro atoms. The van der Waals surface area contributed by atoms with Crippen LogP contribution in [0.4, 0.5) is 0 Å². The summed E-state index contributed by atoms with van der Waals surface area (Å²) in [6.45, 7) is 4.42. The Bertz CT molecular complexity index is 435. The van der Waals surface area contributed by atoms with Crippen molar-refractivity contribution in [1.82, 2.24) is 0 Å². The predicted octanol–water partition coefficient (Wildman–Crippen LogP) is 4.99. The van der Waals surface area contributed by atoms with Crippen LogP contribution < -0.4 is 0 Å².